The number of hydrogen-bond donors (Lipinski definition) is 0. The first-order chi connectivity index (χ1) is 10.3. The largest absolute Gasteiger partial charge is 0.272 e. The lowest BCUT2D eigenvalue weighted by atomic mass is 9.94. The number of hydrogen-bond acceptors (Lipinski definition) is 2. The van der Waals surface area contributed by atoms with E-state index in [9.17, 15) is 4.79 Å². The highest BCUT2D eigenvalue weighted by atomic mass is 16.2. The minimum Gasteiger partial charge on any atom is -0.272 e. The average Bonchev–Trinajstić information content (AvgIpc) is 2.87. The SMILES string of the molecule is C=CCC1C(=O)N(c2ccccc2)N=C1c1ccccc1. The number of allylic oxidation sites excluding steroid dienone is 1. The Hall–Kier alpha value is -2.68. The van der Waals surface area contributed by atoms with Crippen molar-refractivity contribution in [1.82, 2.24) is 0 Å². The van der Waals surface area contributed by atoms with Crippen molar-refractivity contribution in [2.24, 2.45) is 11.0 Å². The van der Waals surface area contributed by atoms with E-state index in [4.69, 9.17) is 0 Å². The molecule has 0 bridgehead atoms. The molecule has 3 nitrogen and oxygen atoms in total. The summed E-state index contributed by atoms with van der Waals surface area (Å²) in [6.45, 7) is 3.76. The quantitative estimate of drug-likeness (QED) is 0.785. The van der Waals surface area contributed by atoms with Crippen molar-refractivity contribution in [3.05, 3.63) is 78.9 Å². The van der Waals surface area contributed by atoms with Crippen molar-refractivity contribution in [2.45, 2.75) is 6.42 Å². The van der Waals surface area contributed by atoms with Crippen molar-refractivity contribution >= 4 is 17.3 Å². The van der Waals surface area contributed by atoms with E-state index in [1.54, 1.807) is 6.08 Å². The lowest BCUT2D eigenvalue weighted by molar-refractivity contribution is -0.119. The second-order valence-electron chi connectivity index (χ2n) is 4.91. The van der Waals surface area contributed by atoms with Crippen LogP contribution in [0.4, 0.5) is 5.69 Å². The summed E-state index contributed by atoms with van der Waals surface area (Å²) in [5.41, 5.74) is 2.59. The maximum Gasteiger partial charge on any atom is 0.256 e. The number of benzene rings is 2. The topological polar surface area (TPSA) is 32.7 Å². The fraction of sp³-hybridized carbons (Fsp3) is 0.111. The molecule has 3 heteroatoms. The smallest absolute Gasteiger partial charge is 0.256 e. The van der Waals surface area contributed by atoms with E-state index in [-0.39, 0.29) is 11.8 Å². The lowest BCUT2D eigenvalue weighted by Gasteiger charge is -2.13. The molecule has 0 spiro atoms. The third kappa shape index (κ3) is 2.50. The van der Waals surface area contributed by atoms with Crippen molar-refractivity contribution in [3.8, 4) is 0 Å². The van der Waals surface area contributed by atoms with Gasteiger partial charge in [-0.15, -0.1) is 6.58 Å². The molecule has 21 heavy (non-hydrogen) atoms. The number of para-hydroxylation sites is 1. The van der Waals surface area contributed by atoms with Gasteiger partial charge in [-0.05, 0) is 24.1 Å². The minimum absolute atomic E-state index is 0.0000435. The van der Waals surface area contributed by atoms with Gasteiger partial charge in [0.25, 0.3) is 5.91 Å². The van der Waals surface area contributed by atoms with Crippen LogP contribution in [0.2, 0.25) is 0 Å². The maximum absolute atomic E-state index is 12.6. The second kappa shape index (κ2) is 5.75. The molecular weight excluding hydrogens is 260 g/mol. The van der Waals surface area contributed by atoms with E-state index < -0.39 is 0 Å². The first-order valence-corrected chi connectivity index (χ1v) is 6.95. The maximum atomic E-state index is 12.6. The molecule has 0 radical (unpaired) electrons. The summed E-state index contributed by atoms with van der Waals surface area (Å²) in [6.07, 6.45) is 2.37. The molecule has 0 N–H and O–H groups in total. The van der Waals surface area contributed by atoms with Crippen LogP contribution in [0.1, 0.15) is 12.0 Å². The van der Waals surface area contributed by atoms with Gasteiger partial charge in [0.1, 0.15) is 0 Å². The van der Waals surface area contributed by atoms with Gasteiger partial charge in [-0.25, -0.2) is 0 Å². The van der Waals surface area contributed by atoms with Gasteiger partial charge in [0, 0.05) is 0 Å². The van der Waals surface area contributed by atoms with Gasteiger partial charge >= 0.3 is 0 Å². The fourth-order valence-electron chi connectivity index (χ4n) is 2.49. The van der Waals surface area contributed by atoms with Crippen LogP contribution in [0, 0.1) is 5.92 Å². The van der Waals surface area contributed by atoms with Gasteiger partial charge in [-0.3, -0.25) is 4.79 Å². The Morgan fingerprint density at radius 2 is 1.67 bits per heavy atom. The molecule has 1 aliphatic heterocycles. The molecule has 104 valence electrons. The molecule has 2 aromatic rings. The number of nitrogens with zero attached hydrogens (tertiary/aromatic N) is 2. The van der Waals surface area contributed by atoms with E-state index >= 15 is 0 Å². The molecule has 0 saturated heterocycles. The Bertz CT molecular complexity index is 677. The Labute approximate surface area is 124 Å². The number of carbonyl (C=O) groups excluding carboxylic acids is 1. The first kappa shape index (κ1) is 13.3. The van der Waals surface area contributed by atoms with Crippen molar-refractivity contribution in [3.63, 3.8) is 0 Å². The lowest BCUT2D eigenvalue weighted by Crippen LogP contribution is -2.27. The highest BCUT2D eigenvalue weighted by molar-refractivity contribution is 6.21. The summed E-state index contributed by atoms with van der Waals surface area (Å²) in [6, 6.07) is 19.3. The van der Waals surface area contributed by atoms with Gasteiger partial charge in [-0.1, -0.05) is 54.6 Å². The predicted molar refractivity (Wildman–Crippen MR) is 85.2 cm³/mol. The molecule has 2 aromatic carbocycles. The average molecular weight is 276 g/mol. The molecule has 0 aromatic heterocycles. The van der Waals surface area contributed by atoms with E-state index in [1.807, 2.05) is 60.7 Å². The zero-order valence-electron chi connectivity index (χ0n) is 11.6. The Morgan fingerprint density at radius 3 is 2.29 bits per heavy atom. The van der Waals surface area contributed by atoms with E-state index in [0.717, 1.165) is 17.0 Å². The van der Waals surface area contributed by atoms with Crippen LogP contribution in [-0.4, -0.2) is 11.6 Å². The number of amides is 1. The fourth-order valence-corrected chi connectivity index (χ4v) is 2.49. The number of anilines is 1. The predicted octanol–water partition coefficient (Wildman–Crippen LogP) is 3.63. The van der Waals surface area contributed by atoms with Gasteiger partial charge in [0.2, 0.25) is 0 Å². The third-order valence-corrected chi connectivity index (χ3v) is 3.52. The molecule has 0 saturated carbocycles. The van der Waals surface area contributed by atoms with Crippen molar-refractivity contribution in [1.29, 1.82) is 0 Å². The van der Waals surface area contributed by atoms with Crippen LogP contribution < -0.4 is 5.01 Å². The molecule has 0 aliphatic carbocycles. The van der Waals surface area contributed by atoms with Crippen LogP contribution in [0.15, 0.2) is 78.4 Å². The molecule has 1 unspecified atom stereocenters. The molecular formula is C18H16N2O. The molecule has 1 atom stereocenters. The van der Waals surface area contributed by atoms with Crippen molar-refractivity contribution < 1.29 is 4.79 Å². The Kier molecular flexibility index (Phi) is 3.65. The number of hydrazone groups is 1. The molecule has 1 aliphatic rings. The zero-order chi connectivity index (χ0) is 14.7. The molecule has 1 amide bonds. The summed E-state index contributed by atoms with van der Waals surface area (Å²) in [5.74, 6) is -0.259. The van der Waals surface area contributed by atoms with Crippen LogP contribution in [0.3, 0.4) is 0 Å². The van der Waals surface area contributed by atoms with E-state index in [0.29, 0.717) is 6.42 Å². The van der Waals surface area contributed by atoms with Gasteiger partial charge in [0.05, 0.1) is 17.3 Å². The summed E-state index contributed by atoms with van der Waals surface area (Å²) >= 11 is 0. The van der Waals surface area contributed by atoms with Crippen LogP contribution in [0.25, 0.3) is 0 Å². The monoisotopic (exact) mass is 276 g/mol. The Morgan fingerprint density at radius 1 is 1.05 bits per heavy atom. The van der Waals surface area contributed by atoms with Gasteiger partial charge in [-0.2, -0.15) is 10.1 Å². The molecule has 3 rings (SSSR count). The third-order valence-electron chi connectivity index (χ3n) is 3.52. The van der Waals surface area contributed by atoms with E-state index in [2.05, 4.69) is 11.7 Å². The highest BCUT2D eigenvalue weighted by Gasteiger charge is 2.36. The highest BCUT2D eigenvalue weighted by Crippen LogP contribution is 2.28. The summed E-state index contributed by atoms with van der Waals surface area (Å²) in [4.78, 5) is 12.6. The number of rotatable bonds is 4. The second-order valence-corrected chi connectivity index (χ2v) is 4.91. The summed E-state index contributed by atoms with van der Waals surface area (Å²) in [7, 11) is 0. The molecule has 1 heterocycles. The summed E-state index contributed by atoms with van der Waals surface area (Å²) in [5, 5.41) is 6.06. The van der Waals surface area contributed by atoms with Crippen LogP contribution in [0.5, 0.6) is 0 Å². The van der Waals surface area contributed by atoms with Gasteiger partial charge < -0.3 is 0 Å². The number of carbonyl (C=O) groups is 1. The van der Waals surface area contributed by atoms with E-state index in [1.165, 1.54) is 5.01 Å². The standard InChI is InChI=1S/C18H16N2O/c1-2-9-16-17(14-10-5-3-6-11-14)19-20(18(16)21)15-12-7-4-8-13-15/h2-8,10-13,16H,1,9H2. The van der Waals surface area contributed by atoms with Crippen LogP contribution >= 0.6 is 0 Å². The Balaban J connectivity index is 2.03. The van der Waals surface area contributed by atoms with Gasteiger partial charge in [0.15, 0.2) is 0 Å². The van der Waals surface area contributed by atoms with Crippen molar-refractivity contribution in [2.75, 3.05) is 5.01 Å². The minimum atomic E-state index is -0.259. The first-order valence-electron chi connectivity index (χ1n) is 6.95. The summed E-state index contributed by atoms with van der Waals surface area (Å²) < 4.78 is 0. The zero-order valence-corrected chi connectivity index (χ0v) is 11.6. The molecule has 0 fully saturated rings. The van der Waals surface area contributed by atoms with Crippen LogP contribution in [-0.2, 0) is 4.79 Å². The normalized spacial score (nSPS) is 17.7.